The Balaban J connectivity index is 0.000000128. The predicted octanol–water partition coefficient (Wildman–Crippen LogP) is 15.7. The Bertz CT molecular complexity index is 8040. The van der Waals surface area contributed by atoms with Gasteiger partial charge in [0.05, 0.1) is 44.2 Å². The van der Waals surface area contributed by atoms with Crippen LogP contribution in [0.25, 0.3) is 104 Å². The van der Waals surface area contributed by atoms with Gasteiger partial charge in [0.15, 0.2) is 110 Å². The number of aliphatic hydroxyl groups is 4. The van der Waals surface area contributed by atoms with E-state index in [4.69, 9.17) is 27.5 Å². The number of aromatic hydroxyl groups is 15. The van der Waals surface area contributed by atoms with Crippen LogP contribution in [-0.2, 0) is 25.5 Å². The van der Waals surface area contributed by atoms with Crippen molar-refractivity contribution >= 4 is 129 Å². The number of benzene rings is 11. The van der Waals surface area contributed by atoms with Gasteiger partial charge in [0.25, 0.3) is 5.69 Å². The summed E-state index contributed by atoms with van der Waals surface area (Å²) in [7, 11) is 0. The SMILES string of the molecule is CCCC1=C(O)C(=O)C=C(O)C1=O.Cc1cc2c(C(C)C)c(O)c(O)c(C=O)c2c(O)c1-c1c(C)cc2c(C(C)C)c(O)c(O)c(C=O)c2c1O.O=C1C=CC2=C3c4cc(O)c(O)cc4CC3(O)COC2=C1O.O=C1c2ccccc2C(=O)c2c(O)c(O)cc(O)c21.O=c1ccc2cc3c(-c4ccc([N+](=O)[O-])cc4)coc3cc2o1.O=c1oc2c(O)c(O)cc3c(=O)oc4c(O)c(O)cc1c4c23. The Hall–Kier alpha value is -18.4. The molecule has 0 spiro atoms. The standard InChI is InChI=1S/C30H30O8.C17H9NO5.C16H12O6.C14H6O8.C14H8O5.C9H10O4/c1-11(2)19-15-7-13(5)21(27(35)23(15)17(9-31)25(33)29(19)37)22-14(6)8-16-20(12(3)4)30(38)26(34)18(10-32)24(16)28(22)36;19-17-6-3-11-7-13-14(9-22-16(13)8-15(11)23-17)10-1-4-12(5-2-10)18(20)21;17-10-2-1-8-13-9-4-12(19)11(18)3-7(9)5-16(13,21)6-22-15(8)14(10)20;15-5-1-3-7-8-4(14(20)22-11(7)9(5)17)2-6(16)10(18)12(8)21-13(3)19;15-8-5-9(16)14(19)11-10(8)12(17)6-3-1-2-4-7(6)13(11)18;1-2-3-5-8(12)6(10)4-7(11)9(5)13/h7-12,33-38H,1-6H3;1-9H;1-4,18-21H,5-6H2;1-2,15-18H;1-5,15-16,19H;4,10,13H,2-3H2,1H3. The zero-order valence-electron chi connectivity index (χ0n) is 72.3. The second-order valence-corrected chi connectivity index (χ2v) is 32.8. The third kappa shape index (κ3) is 15.6. The fraction of sp³-hybridized carbons (Fsp3) is 0.140. The van der Waals surface area contributed by atoms with E-state index in [9.17, 15) is 150 Å². The molecule has 0 amide bonds. The van der Waals surface area contributed by atoms with E-state index in [0.29, 0.717) is 91.9 Å². The number of carbonyl (C=O) groups excluding carboxylic acids is 7. The van der Waals surface area contributed by atoms with E-state index in [1.807, 2.05) is 13.0 Å². The number of carbonyl (C=O) groups is 7. The van der Waals surface area contributed by atoms with Gasteiger partial charge in [0, 0.05) is 131 Å². The number of rotatable bonds is 9. The molecule has 1 atom stereocenters. The van der Waals surface area contributed by atoms with Gasteiger partial charge in [-0.3, -0.25) is 43.7 Å². The molecular formula is C100H75NO36. The molecule has 11 aromatic carbocycles. The van der Waals surface area contributed by atoms with Crippen LogP contribution in [0.15, 0.2) is 206 Å². The highest BCUT2D eigenvalue weighted by Crippen LogP contribution is 2.57. The molecule has 0 fully saturated rings. The molecule has 5 aliphatic rings. The number of aryl methyl sites for hydroxylation is 2. The number of fused-ring (bicyclic) bond motifs is 10. The van der Waals surface area contributed by atoms with Gasteiger partial charge in [-0.25, -0.2) is 14.4 Å². The van der Waals surface area contributed by atoms with E-state index in [1.54, 1.807) is 96.3 Å². The highest BCUT2D eigenvalue weighted by Gasteiger charge is 2.48. The van der Waals surface area contributed by atoms with Crippen molar-refractivity contribution in [2.45, 2.75) is 85.2 Å². The zero-order valence-corrected chi connectivity index (χ0v) is 72.3. The lowest BCUT2D eigenvalue weighted by molar-refractivity contribution is -0.384. The summed E-state index contributed by atoms with van der Waals surface area (Å²) in [6, 6.07) is 27.8. The molecule has 37 heteroatoms. The molecule has 20 rings (SSSR count). The van der Waals surface area contributed by atoms with E-state index < -0.39 is 160 Å². The normalized spacial score (nSPS) is 14.6. The second kappa shape index (κ2) is 35.0. The molecule has 37 nitrogen and oxygen atoms in total. The lowest BCUT2D eigenvalue weighted by Gasteiger charge is -2.33. The molecule has 0 saturated heterocycles. The van der Waals surface area contributed by atoms with Gasteiger partial charge in [0.2, 0.25) is 34.6 Å². The van der Waals surface area contributed by atoms with Gasteiger partial charge in [-0.05, 0) is 131 Å². The van der Waals surface area contributed by atoms with Crippen molar-refractivity contribution in [3.05, 3.63) is 282 Å². The minimum absolute atomic E-state index is 0.00512. The number of ketones is 5. The summed E-state index contributed by atoms with van der Waals surface area (Å²) in [5.41, 5.74) is 1.40. The van der Waals surface area contributed by atoms with Crippen LogP contribution >= 0.6 is 0 Å². The number of phenolic OH excluding ortho intramolecular Hbond substituents is 15. The lowest BCUT2D eigenvalue weighted by atomic mass is 9.83. The molecule has 1 unspecified atom stereocenters. The minimum Gasteiger partial charge on any atom is -0.507 e. The van der Waals surface area contributed by atoms with Crippen LogP contribution in [0, 0.1) is 24.0 Å². The average Bonchev–Trinajstić information content (AvgIpc) is 1.59. The molecular weight excluding hydrogens is 1790 g/mol. The summed E-state index contributed by atoms with van der Waals surface area (Å²) in [5, 5.41) is 205. The smallest absolute Gasteiger partial charge is 0.344 e. The van der Waals surface area contributed by atoms with Gasteiger partial charge < -0.3 is 119 Å². The van der Waals surface area contributed by atoms with Crippen LogP contribution in [0.3, 0.4) is 0 Å². The first-order valence-corrected chi connectivity index (χ1v) is 41.2. The number of aldehydes is 2. The Morgan fingerprint density at radius 2 is 0.985 bits per heavy atom. The van der Waals surface area contributed by atoms with Crippen LogP contribution < -0.4 is 16.9 Å². The van der Waals surface area contributed by atoms with Gasteiger partial charge in [0.1, 0.15) is 40.6 Å². The first-order valence-electron chi connectivity index (χ1n) is 41.2. The number of nitrogens with zero attached hydrogens (tertiary/aromatic N) is 1. The number of furan rings is 1. The van der Waals surface area contributed by atoms with Crippen molar-refractivity contribution in [1.82, 2.24) is 0 Å². The number of allylic oxidation sites excluding steroid dienone is 4. The number of phenols is 15. The van der Waals surface area contributed by atoms with Crippen LogP contribution in [0.4, 0.5) is 5.69 Å². The number of Topliss-reactive ketones (excluding diaryl/α,β-unsaturated/α-hetero) is 1. The molecule has 0 bridgehead atoms. The fourth-order valence-electron chi connectivity index (χ4n) is 17.4. The van der Waals surface area contributed by atoms with Gasteiger partial charge in [-0.2, -0.15) is 0 Å². The van der Waals surface area contributed by atoms with Crippen LogP contribution in [0.5, 0.6) is 86.2 Å². The van der Waals surface area contributed by atoms with Gasteiger partial charge in [-0.15, -0.1) is 0 Å². The summed E-state index contributed by atoms with van der Waals surface area (Å²) in [4.78, 5) is 128. The number of non-ortho nitro benzene ring substituents is 1. The Morgan fingerprint density at radius 1 is 0.467 bits per heavy atom. The van der Waals surface area contributed by atoms with Crippen molar-refractivity contribution in [3.63, 3.8) is 0 Å². The quantitative estimate of drug-likeness (QED) is 0.00932. The molecule has 4 aromatic heterocycles. The molecule has 19 N–H and O–H groups in total. The Morgan fingerprint density at radius 3 is 1.50 bits per heavy atom. The average molecular weight is 1870 g/mol. The monoisotopic (exact) mass is 1870 g/mol. The maximum Gasteiger partial charge on any atom is 0.344 e. The first kappa shape index (κ1) is 93.3. The van der Waals surface area contributed by atoms with Crippen LogP contribution in [-0.4, -0.2) is 156 Å². The third-order valence-corrected chi connectivity index (χ3v) is 23.6. The van der Waals surface area contributed by atoms with Crippen molar-refractivity contribution in [1.29, 1.82) is 0 Å². The molecule has 15 aromatic rings. The largest absolute Gasteiger partial charge is 0.507 e. The third-order valence-electron chi connectivity index (χ3n) is 23.6. The van der Waals surface area contributed by atoms with Crippen LogP contribution in [0.1, 0.15) is 145 Å². The summed E-state index contributed by atoms with van der Waals surface area (Å²) in [6.45, 7) is 12.2. The first-order chi connectivity index (χ1) is 64.8. The number of nitro groups is 1. The molecule has 0 radical (unpaired) electrons. The van der Waals surface area contributed by atoms with E-state index >= 15 is 0 Å². The second-order valence-electron chi connectivity index (χ2n) is 32.8. The number of hydrogen-bond donors (Lipinski definition) is 19. The van der Waals surface area contributed by atoms with E-state index in [2.05, 4.69) is 0 Å². The molecule has 696 valence electrons. The lowest BCUT2D eigenvalue weighted by Crippen LogP contribution is -2.39. The molecule has 1 aliphatic heterocycles. The molecule has 0 saturated carbocycles. The summed E-state index contributed by atoms with van der Waals surface area (Å²) in [5.74, 6) is -13.4. The highest BCUT2D eigenvalue weighted by molar-refractivity contribution is 6.31. The maximum atomic E-state index is 12.2. The van der Waals surface area contributed by atoms with Crippen LogP contribution in [0.2, 0.25) is 0 Å². The van der Waals surface area contributed by atoms with E-state index in [-0.39, 0.29) is 130 Å². The molecule has 5 heterocycles. The Labute approximate surface area is 765 Å². The summed E-state index contributed by atoms with van der Waals surface area (Å²) < 4.78 is 25.9. The summed E-state index contributed by atoms with van der Waals surface area (Å²) >= 11 is 0. The van der Waals surface area contributed by atoms with E-state index in [1.165, 1.54) is 54.6 Å². The van der Waals surface area contributed by atoms with Crippen molar-refractivity contribution in [3.8, 4) is 108 Å². The number of aliphatic hydroxyl groups excluding tert-OH is 3. The van der Waals surface area contributed by atoms with Crippen molar-refractivity contribution < 1.29 is 158 Å². The highest BCUT2D eigenvalue weighted by atomic mass is 16.6. The van der Waals surface area contributed by atoms with Crippen molar-refractivity contribution in [2.24, 2.45) is 0 Å². The zero-order chi connectivity index (χ0) is 99.5. The topological polar surface area (TPSA) is 660 Å². The van der Waals surface area contributed by atoms with Gasteiger partial charge >= 0.3 is 16.9 Å². The number of nitro benzene ring substituents is 1. The minimum atomic E-state index is -1.33. The van der Waals surface area contributed by atoms with Crippen molar-refractivity contribution in [2.75, 3.05) is 6.61 Å². The predicted molar refractivity (Wildman–Crippen MR) is 489 cm³/mol. The molecule has 4 aliphatic carbocycles. The summed E-state index contributed by atoms with van der Waals surface area (Å²) in [6.07, 6.45) is 6.83. The Kier molecular flexibility index (Phi) is 23.8. The van der Waals surface area contributed by atoms with Gasteiger partial charge in [-0.1, -0.05) is 77.4 Å². The van der Waals surface area contributed by atoms with E-state index in [0.717, 1.165) is 46.2 Å². The molecule has 137 heavy (non-hydrogen) atoms. The maximum absolute atomic E-state index is 12.2. The number of hydrogen-bond acceptors (Lipinski definition) is 36. The fourth-order valence-corrected chi connectivity index (χ4v) is 17.4. The number of ether oxygens (including phenoxy) is 1.